The van der Waals surface area contributed by atoms with E-state index >= 15 is 0 Å². The van der Waals surface area contributed by atoms with Gasteiger partial charge in [-0.1, -0.05) is 24.8 Å². The molecule has 5 nitrogen and oxygen atoms in total. The van der Waals surface area contributed by atoms with Crippen LogP contribution >= 0.6 is 0 Å². The minimum absolute atomic E-state index is 0.0161. The lowest BCUT2D eigenvalue weighted by atomic mass is 10.2. The maximum absolute atomic E-state index is 12.0. The summed E-state index contributed by atoms with van der Waals surface area (Å²) in [5.74, 6) is -0.264. The van der Waals surface area contributed by atoms with E-state index in [1.807, 2.05) is 0 Å². The Hall–Kier alpha value is -1.18. The zero-order valence-corrected chi connectivity index (χ0v) is 11.8. The quantitative estimate of drug-likeness (QED) is 0.782. The molecule has 0 spiro atoms. The molecule has 0 saturated carbocycles. The molecule has 2 rings (SSSR count). The zero-order chi connectivity index (χ0) is 14.1. The second-order valence-electron chi connectivity index (χ2n) is 4.35. The molecule has 1 aromatic carbocycles. The Bertz CT molecular complexity index is 671. The van der Waals surface area contributed by atoms with E-state index in [1.165, 1.54) is 12.1 Å². The largest absolute Gasteiger partial charge is 0.297 e. The van der Waals surface area contributed by atoms with E-state index in [2.05, 4.69) is 6.58 Å². The monoisotopic (exact) mass is 302 g/mol. The molecule has 1 aromatic rings. The van der Waals surface area contributed by atoms with Crippen molar-refractivity contribution >= 4 is 26.0 Å². The Morgan fingerprint density at radius 1 is 1.26 bits per heavy atom. The van der Waals surface area contributed by atoms with Crippen molar-refractivity contribution in [1.82, 2.24) is 0 Å². The van der Waals surface area contributed by atoms with Gasteiger partial charge in [0.15, 0.2) is 9.84 Å². The number of hydrogen-bond donors (Lipinski definition) is 0. The Morgan fingerprint density at radius 2 is 1.89 bits per heavy atom. The lowest BCUT2D eigenvalue weighted by Gasteiger charge is -2.10. The van der Waals surface area contributed by atoms with Gasteiger partial charge in [-0.05, 0) is 24.1 Å². The molecule has 1 fully saturated rings. The molecular formula is C12H14O5S2. The molecule has 7 heteroatoms. The highest BCUT2D eigenvalue weighted by molar-refractivity contribution is 7.91. The first-order chi connectivity index (χ1) is 8.82. The van der Waals surface area contributed by atoms with E-state index in [1.54, 1.807) is 18.2 Å². The average Bonchev–Trinajstić information content (AvgIpc) is 2.68. The Morgan fingerprint density at radius 3 is 2.37 bits per heavy atom. The van der Waals surface area contributed by atoms with E-state index in [0.717, 1.165) is 5.56 Å². The third-order valence-electron chi connectivity index (χ3n) is 2.86. The van der Waals surface area contributed by atoms with E-state index in [4.69, 9.17) is 4.18 Å². The molecule has 19 heavy (non-hydrogen) atoms. The van der Waals surface area contributed by atoms with Crippen LogP contribution in [0, 0.1) is 0 Å². The number of benzene rings is 1. The Balaban J connectivity index is 2.16. The molecule has 0 amide bonds. The van der Waals surface area contributed by atoms with Crippen molar-refractivity contribution in [3.05, 3.63) is 36.4 Å². The van der Waals surface area contributed by atoms with Crippen LogP contribution in [-0.2, 0) is 24.1 Å². The molecule has 1 saturated heterocycles. The second kappa shape index (κ2) is 5.07. The van der Waals surface area contributed by atoms with E-state index in [-0.39, 0.29) is 22.8 Å². The van der Waals surface area contributed by atoms with Crippen LogP contribution in [0.25, 0.3) is 6.08 Å². The Labute approximate surface area is 112 Å². The highest BCUT2D eigenvalue weighted by Gasteiger charge is 2.32. The Kier molecular flexibility index (Phi) is 3.80. The average molecular weight is 302 g/mol. The van der Waals surface area contributed by atoms with E-state index in [0.29, 0.717) is 0 Å². The van der Waals surface area contributed by atoms with Crippen LogP contribution in [0.1, 0.15) is 12.0 Å². The van der Waals surface area contributed by atoms with E-state index < -0.39 is 26.1 Å². The smallest absolute Gasteiger partial charge is 0.262 e. The van der Waals surface area contributed by atoms with Crippen LogP contribution in [0.3, 0.4) is 0 Å². The first kappa shape index (κ1) is 14.2. The number of sulfone groups is 1. The van der Waals surface area contributed by atoms with Gasteiger partial charge in [0.2, 0.25) is 0 Å². The summed E-state index contributed by atoms with van der Waals surface area (Å²) >= 11 is 0. The van der Waals surface area contributed by atoms with Crippen LogP contribution in [0.5, 0.6) is 0 Å². The minimum atomic E-state index is -3.92. The maximum atomic E-state index is 12.0. The third-order valence-corrected chi connectivity index (χ3v) is 5.97. The molecule has 0 N–H and O–H groups in total. The van der Waals surface area contributed by atoms with Gasteiger partial charge in [-0.2, -0.15) is 8.42 Å². The summed E-state index contributed by atoms with van der Waals surface area (Å²) in [5, 5.41) is 0. The minimum Gasteiger partial charge on any atom is -0.262 e. The van der Waals surface area contributed by atoms with Crippen molar-refractivity contribution in [2.75, 3.05) is 11.5 Å². The summed E-state index contributed by atoms with van der Waals surface area (Å²) in [6.45, 7) is 3.57. The maximum Gasteiger partial charge on any atom is 0.297 e. The molecule has 1 heterocycles. The topological polar surface area (TPSA) is 77.5 Å². The highest BCUT2D eigenvalue weighted by atomic mass is 32.2. The summed E-state index contributed by atoms with van der Waals surface area (Å²) in [7, 11) is -7.08. The van der Waals surface area contributed by atoms with Crippen LogP contribution in [-0.4, -0.2) is 34.4 Å². The van der Waals surface area contributed by atoms with E-state index in [9.17, 15) is 16.8 Å². The van der Waals surface area contributed by atoms with Gasteiger partial charge in [0.25, 0.3) is 10.1 Å². The van der Waals surface area contributed by atoms with Crippen molar-refractivity contribution in [3.8, 4) is 0 Å². The predicted octanol–water partition coefficient (Wildman–Crippen LogP) is 1.22. The molecule has 1 atom stereocenters. The van der Waals surface area contributed by atoms with Crippen LogP contribution in [0.4, 0.5) is 0 Å². The first-order valence-electron chi connectivity index (χ1n) is 5.69. The molecule has 1 unspecified atom stereocenters. The fourth-order valence-electron chi connectivity index (χ4n) is 1.84. The summed E-state index contributed by atoms with van der Waals surface area (Å²) in [4.78, 5) is 0.0161. The first-order valence-corrected chi connectivity index (χ1v) is 8.91. The summed E-state index contributed by atoms with van der Waals surface area (Å²) in [6.07, 6.45) is 1.03. The van der Waals surface area contributed by atoms with Crippen molar-refractivity contribution in [2.24, 2.45) is 0 Å². The lowest BCUT2D eigenvalue weighted by molar-refractivity contribution is 0.236. The number of rotatable bonds is 4. The van der Waals surface area contributed by atoms with Crippen LogP contribution in [0.2, 0.25) is 0 Å². The molecule has 0 bridgehead atoms. The van der Waals surface area contributed by atoms with Crippen molar-refractivity contribution < 1.29 is 21.0 Å². The summed E-state index contributed by atoms with van der Waals surface area (Å²) in [6, 6.07) is 6.04. The highest BCUT2D eigenvalue weighted by Crippen LogP contribution is 2.21. The molecule has 104 valence electrons. The molecule has 1 aliphatic heterocycles. The molecule has 1 aliphatic rings. The number of hydrogen-bond acceptors (Lipinski definition) is 5. The lowest BCUT2D eigenvalue weighted by Crippen LogP contribution is -2.19. The fraction of sp³-hybridized carbons (Fsp3) is 0.333. The van der Waals surface area contributed by atoms with Gasteiger partial charge < -0.3 is 0 Å². The van der Waals surface area contributed by atoms with Gasteiger partial charge >= 0.3 is 0 Å². The van der Waals surface area contributed by atoms with Gasteiger partial charge in [-0.15, -0.1) is 0 Å². The van der Waals surface area contributed by atoms with Crippen molar-refractivity contribution in [2.45, 2.75) is 17.4 Å². The molecular weight excluding hydrogens is 288 g/mol. The van der Waals surface area contributed by atoms with Crippen molar-refractivity contribution in [3.63, 3.8) is 0 Å². The van der Waals surface area contributed by atoms with Crippen molar-refractivity contribution in [1.29, 1.82) is 0 Å². The normalized spacial score (nSPS) is 22.2. The molecule has 0 radical (unpaired) electrons. The second-order valence-corrected chi connectivity index (χ2v) is 8.15. The predicted molar refractivity (Wildman–Crippen MR) is 71.9 cm³/mol. The SMILES string of the molecule is C=Cc1ccc(S(=O)(=O)OC2CCS(=O)(=O)C2)cc1. The molecule has 0 aromatic heterocycles. The zero-order valence-electron chi connectivity index (χ0n) is 10.2. The standard InChI is InChI=1S/C12H14O5S2/c1-2-10-3-5-12(6-4-10)19(15,16)17-11-7-8-18(13,14)9-11/h2-6,11H,1,7-9H2. The third kappa shape index (κ3) is 3.43. The van der Waals surface area contributed by atoms with Crippen LogP contribution < -0.4 is 0 Å². The molecule has 0 aliphatic carbocycles. The summed E-state index contributed by atoms with van der Waals surface area (Å²) in [5.41, 5.74) is 0.794. The fourth-order valence-corrected chi connectivity index (χ4v) is 4.62. The van der Waals surface area contributed by atoms with Gasteiger partial charge in [-0.3, -0.25) is 4.18 Å². The van der Waals surface area contributed by atoms with Gasteiger partial charge in [0.1, 0.15) is 0 Å². The van der Waals surface area contributed by atoms with Gasteiger partial charge in [0, 0.05) is 0 Å². The van der Waals surface area contributed by atoms with Gasteiger partial charge in [-0.25, -0.2) is 8.42 Å². The summed E-state index contributed by atoms with van der Waals surface area (Å²) < 4.78 is 51.4. The van der Waals surface area contributed by atoms with Gasteiger partial charge in [0.05, 0.1) is 22.5 Å². The van der Waals surface area contributed by atoms with Crippen LogP contribution in [0.15, 0.2) is 35.7 Å².